The molecule has 0 unspecified atom stereocenters. The lowest BCUT2D eigenvalue weighted by molar-refractivity contribution is -0.154. The highest BCUT2D eigenvalue weighted by Gasteiger charge is 2.24. The van der Waals surface area contributed by atoms with Crippen molar-refractivity contribution >= 4 is 38.7 Å². The topological polar surface area (TPSA) is 76.7 Å². The van der Waals surface area contributed by atoms with Crippen LogP contribution in [0.2, 0.25) is 0 Å². The highest BCUT2D eigenvalue weighted by molar-refractivity contribution is 9.10. The summed E-state index contributed by atoms with van der Waals surface area (Å²) >= 11 is 3.36. The van der Waals surface area contributed by atoms with Crippen LogP contribution >= 0.6 is 15.9 Å². The number of phenolic OH excluding ortho intramolecular Hbond substituents is 1. The molecule has 0 bridgehead atoms. The minimum absolute atomic E-state index is 0.0387. The molecule has 5 nitrogen and oxygen atoms in total. The van der Waals surface area contributed by atoms with Crippen molar-refractivity contribution in [1.82, 2.24) is 0 Å². The maximum Gasteiger partial charge on any atom is 0.306 e. The Balaban J connectivity index is 1.98. The average Bonchev–Trinajstić information content (AvgIpc) is 2.96. The first-order chi connectivity index (χ1) is 13.1. The summed E-state index contributed by atoms with van der Waals surface area (Å²) < 4.78 is 12.1. The molecule has 3 rings (SSSR count). The Hall–Kier alpha value is -2.60. The Bertz CT molecular complexity index is 1030. The minimum Gasteiger partial charge on any atom is -0.508 e. The second kappa shape index (κ2) is 7.80. The first kappa shape index (κ1) is 20.1. The molecule has 0 radical (unpaired) electrons. The molecule has 0 aliphatic rings. The molecule has 0 aliphatic carbocycles. The van der Waals surface area contributed by atoms with Crippen molar-refractivity contribution in [3.63, 3.8) is 0 Å². The summed E-state index contributed by atoms with van der Waals surface area (Å²) in [5.41, 5.74) is 0.759. The van der Waals surface area contributed by atoms with E-state index in [-0.39, 0.29) is 30.3 Å². The number of phenols is 1. The molecule has 1 heterocycles. The van der Waals surface area contributed by atoms with Crippen molar-refractivity contribution in [2.45, 2.75) is 39.2 Å². The fourth-order valence-corrected chi connectivity index (χ4v) is 3.18. The number of benzene rings is 2. The molecular formula is C22H21BrO5. The van der Waals surface area contributed by atoms with Crippen molar-refractivity contribution in [3.05, 3.63) is 63.8 Å². The molecule has 0 spiro atoms. The second-order valence-electron chi connectivity index (χ2n) is 7.50. The zero-order valence-electron chi connectivity index (χ0n) is 15.9. The fraction of sp³-hybridized carbons (Fsp3) is 0.273. The fourth-order valence-electron chi connectivity index (χ4n) is 2.92. The number of carbonyl (C=O) groups excluding carboxylic acids is 2. The summed E-state index contributed by atoms with van der Waals surface area (Å²) in [6.07, 6.45) is 0.311. The average molecular weight is 445 g/mol. The maximum atomic E-state index is 13.2. The van der Waals surface area contributed by atoms with Gasteiger partial charge in [0.25, 0.3) is 0 Å². The number of hydrogen-bond donors (Lipinski definition) is 1. The summed E-state index contributed by atoms with van der Waals surface area (Å²) in [4.78, 5) is 25.3. The maximum absolute atomic E-state index is 13.2. The van der Waals surface area contributed by atoms with Gasteiger partial charge in [-0.15, -0.1) is 0 Å². The van der Waals surface area contributed by atoms with Crippen LogP contribution in [0.15, 0.2) is 51.4 Å². The third kappa shape index (κ3) is 4.62. The van der Waals surface area contributed by atoms with Gasteiger partial charge in [-0.1, -0.05) is 15.9 Å². The van der Waals surface area contributed by atoms with Gasteiger partial charge in [-0.05, 0) is 63.2 Å². The summed E-state index contributed by atoms with van der Waals surface area (Å²) in [5.74, 6) is -0.148. The lowest BCUT2D eigenvalue weighted by atomic mass is 9.98. The molecule has 3 aromatic rings. The molecule has 0 saturated heterocycles. The number of fused-ring (bicyclic) bond motifs is 1. The van der Waals surface area contributed by atoms with Gasteiger partial charge in [0.1, 0.15) is 22.7 Å². The van der Waals surface area contributed by atoms with Crippen LogP contribution in [0.25, 0.3) is 11.0 Å². The van der Waals surface area contributed by atoms with Crippen molar-refractivity contribution in [2.75, 3.05) is 0 Å². The van der Waals surface area contributed by atoms with E-state index in [0.29, 0.717) is 27.9 Å². The third-order valence-corrected chi connectivity index (χ3v) is 4.58. The number of hydrogen-bond acceptors (Lipinski definition) is 5. The van der Waals surface area contributed by atoms with Crippen LogP contribution in [-0.2, 0) is 16.0 Å². The zero-order chi connectivity index (χ0) is 20.5. The van der Waals surface area contributed by atoms with Crippen LogP contribution in [0, 0.1) is 0 Å². The van der Waals surface area contributed by atoms with E-state index < -0.39 is 5.60 Å². The smallest absolute Gasteiger partial charge is 0.306 e. The number of aryl methyl sites for hydroxylation is 1. The summed E-state index contributed by atoms with van der Waals surface area (Å²) in [6.45, 7) is 5.41. The van der Waals surface area contributed by atoms with E-state index in [0.717, 1.165) is 4.47 Å². The Morgan fingerprint density at radius 3 is 2.43 bits per heavy atom. The zero-order valence-corrected chi connectivity index (χ0v) is 17.5. The normalized spacial score (nSPS) is 11.6. The van der Waals surface area contributed by atoms with Crippen LogP contribution in [0.5, 0.6) is 5.75 Å². The van der Waals surface area contributed by atoms with E-state index in [9.17, 15) is 14.7 Å². The second-order valence-corrected chi connectivity index (χ2v) is 8.42. The Morgan fingerprint density at radius 1 is 1.11 bits per heavy atom. The number of rotatable bonds is 5. The molecule has 0 saturated carbocycles. The molecule has 146 valence electrons. The van der Waals surface area contributed by atoms with Crippen molar-refractivity contribution in [1.29, 1.82) is 0 Å². The van der Waals surface area contributed by atoms with Crippen LogP contribution in [0.1, 0.15) is 48.9 Å². The SMILES string of the molecule is CC(C)(C)OC(=O)CCc1oc2ccc(O)cc2c1C(=O)c1ccc(Br)cc1. The minimum atomic E-state index is -0.577. The summed E-state index contributed by atoms with van der Waals surface area (Å²) in [6, 6.07) is 11.6. The molecular weight excluding hydrogens is 424 g/mol. The Kier molecular flexibility index (Phi) is 5.61. The molecule has 0 atom stereocenters. The van der Waals surface area contributed by atoms with Gasteiger partial charge in [-0.2, -0.15) is 0 Å². The molecule has 6 heteroatoms. The van der Waals surface area contributed by atoms with E-state index in [1.807, 2.05) is 0 Å². The summed E-state index contributed by atoms with van der Waals surface area (Å²) in [5, 5.41) is 10.4. The van der Waals surface area contributed by atoms with Crippen molar-refractivity contribution in [3.8, 4) is 5.75 Å². The van der Waals surface area contributed by atoms with E-state index in [1.54, 1.807) is 51.1 Å². The predicted octanol–water partition coefficient (Wildman–Crippen LogP) is 5.41. The monoisotopic (exact) mass is 444 g/mol. The standard InChI is InChI=1S/C22H21BrO5/c1-22(2,3)28-19(25)11-10-18-20(16-12-15(24)8-9-17(16)27-18)21(26)13-4-6-14(23)7-5-13/h4-9,12,24H,10-11H2,1-3H3. The molecule has 2 aromatic carbocycles. The van der Waals surface area contributed by atoms with Crippen LogP contribution < -0.4 is 0 Å². The van der Waals surface area contributed by atoms with E-state index in [2.05, 4.69) is 15.9 Å². The van der Waals surface area contributed by atoms with Gasteiger partial charge in [0.15, 0.2) is 5.78 Å². The first-order valence-electron chi connectivity index (χ1n) is 8.90. The van der Waals surface area contributed by atoms with Gasteiger partial charge >= 0.3 is 5.97 Å². The lowest BCUT2D eigenvalue weighted by Gasteiger charge is -2.19. The van der Waals surface area contributed by atoms with Crippen LogP contribution in [0.3, 0.4) is 0 Å². The van der Waals surface area contributed by atoms with Gasteiger partial charge in [0.2, 0.25) is 0 Å². The van der Waals surface area contributed by atoms with Crippen LogP contribution in [0.4, 0.5) is 0 Å². The Morgan fingerprint density at radius 2 is 1.79 bits per heavy atom. The molecule has 0 aliphatic heterocycles. The van der Waals surface area contributed by atoms with Crippen LogP contribution in [-0.4, -0.2) is 22.5 Å². The number of carbonyl (C=O) groups is 2. The number of halogens is 1. The molecule has 0 amide bonds. The third-order valence-electron chi connectivity index (χ3n) is 4.05. The van der Waals surface area contributed by atoms with E-state index in [1.165, 1.54) is 12.1 Å². The van der Waals surface area contributed by atoms with Gasteiger partial charge in [0, 0.05) is 21.8 Å². The van der Waals surface area contributed by atoms with Gasteiger partial charge in [0.05, 0.1) is 12.0 Å². The van der Waals surface area contributed by atoms with Gasteiger partial charge < -0.3 is 14.3 Å². The Labute approximate surface area is 171 Å². The number of furan rings is 1. The highest BCUT2D eigenvalue weighted by Crippen LogP contribution is 2.32. The highest BCUT2D eigenvalue weighted by atomic mass is 79.9. The number of esters is 1. The quantitative estimate of drug-likeness (QED) is 0.420. The summed E-state index contributed by atoms with van der Waals surface area (Å²) in [7, 11) is 0. The van der Waals surface area contributed by atoms with E-state index >= 15 is 0 Å². The molecule has 28 heavy (non-hydrogen) atoms. The van der Waals surface area contributed by atoms with Gasteiger partial charge in [-0.3, -0.25) is 9.59 Å². The van der Waals surface area contributed by atoms with Crippen molar-refractivity contribution in [2.24, 2.45) is 0 Å². The molecule has 0 fully saturated rings. The van der Waals surface area contributed by atoms with Crippen molar-refractivity contribution < 1.29 is 23.8 Å². The van der Waals surface area contributed by atoms with E-state index in [4.69, 9.17) is 9.15 Å². The number of aromatic hydroxyl groups is 1. The predicted molar refractivity (Wildman–Crippen MR) is 110 cm³/mol. The number of ketones is 1. The van der Waals surface area contributed by atoms with Gasteiger partial charge in [-0.25, -0.2) is 0 Å². The largest absolute Gasteiger partial charge is 0.508 e. The first-order valence-corrected chi connectivity index (χ1v) is 9.70. The number of ether oxygens (including phenoxy) is 1. The molecule has 1 N–H and O–H groups in total. The molecule has 1 aromatic heterocycles. The lowest BCUT2D eigenvalue weighted by Crippen LogP contribution is -2.24.